The summed E-state index contributed by atoms with van der Waals surface area (Å²) in [6.07, 6.45) is 0. The summed E-state index contributed by atoms with van der Waals surface area (Å²) in [4.78, 5) is 2.38. The van der Waals surface area contributed by atoms with Crippen LogP contribution in [-0.4, -0.2) is 0 Å². The zero-order chi connectivity index (χ0) is 31.9. The molecular weight excluding hydrogens is 599 g/mol. The van der Waals surface area contributed by atoms with Crippen molar-refractivity contribution in [2.45, 2.75) is 0 Å². The van der Waals surface area contributed by atoms with Crippen LogP contribution in [0.25, 0.3) is 64.3 Å². The maximum atomic E-state index is 2.38. The van der Waals surface area contributed by atoms with Crippen LogP contribution in [0, 0.1) is 0 Å². The summed E-state index contributed by atoms with van der Waals surface area (Å²) in [7, 11) is 0. The monoisotopic (exact) mass is 629 g/mol. The summed E-state index contributed by atoms with van der Waals surface area (Å²) in [5.74, 6) is 0. The van der Waals surface area contributed by atoms with Gasteiger partial charge in [-0.25, -0.2) is 0 Å². The number of thiophene rings is 1. The van der Waals surface area contributed by atoms with E-state index in [9.17, 15) is 0 Å². The van der Waals surface area contributed by atoms with E-state index in [-0.39, 0.29) is 0 Å². The Morgan fingerprint density at radius 3 is 1.67 bits per heavy atom. The maximum Gasteiger partial charge on any atom is 0.0540 e. The van der Waals surface area contributed by atoms with Gasteiger partial charge in [-0.3, -0.25) is 0 Å². The molecule has 0 aliphatic heterocycles. The number of para-hydroxylation sites is 1. The lowest BCUT2D eigenvalue weighted by Crippen LogP contribution is -2.10. The van der Waals surface area contributed by atoms with Crippen LogP contribution in [-0.2, 0) is 0 Å². The Bertz CT molecular complexity index is 2550. The van der Waals surface area contributed by atoms with E-state index >= 15 is 0 Å². The summed E-state index contributed by atoms with van der Waals surface area (Å²) >= 11 is 1.88. The first-order chi connectivity index (χ1) is 23.8. The summed E-state index contributed by atoms with van der Waals surface area (Å²) in [5.41, 5.74) is 10.8. The van der Waals surface area contributed by atoms with Crippen molar-refractivity contribution in [3.63, 3.8) is 0 Å². The fourth-order valence-corrected chi connectivity index (χ4v) is 8.30. The van der Waals surface area contributed by atoms with Gasteiger partial charge >= 0.3 is 0 Å². The zero-order valence-corrected chi connectivity index (χ0v) is 27.1. The van der Waals surface area contributed by atoms with E-state index in [0.717, 1.165) is 17.1 Å². The Morgan fingerprint density at radius 2 is 0.875 bits per heavy atom. The third-order valence-electron chi connectivity index (χ3n) is 9.30. The van der Waals surface area contributed by atoms with Gasteiger partial charge in [0.05, 0.1) is 5.69 Å². The molecule has 226 valence electrons. The first-order valence-corrected chi connectivity index (χ1v) is 17.2. The van der Waals surface area contributed by atoms with Crippen molar-refractivity contribution >= 4 is 59.3 Å². The molecule has 0 bridgehead atoms. The van der Waals surface area contributed by atoms with Gasteiger partial charge in [0.1, 0.15) is 0 Å². The Kier molecular flexibility index (Phi) is 7.07. The number of benzene rings is 8. The molecule has 9 aromatic rings. The first-order valence-electron chi connectivity index (χ1n) is 16.4. The zero-order valence-electron chi connectivity index (χ0n) is 26.3. The van der Waals surface area contributed by atoms with Gasteiger partial charge in [0.25, 0.3) is 0 Å². The lowest BCUT2D eigenvalue weighted by molar-refractivity contribution is 1.30. The van der Waals surface area contributed by atoms with Crippen molar-refractivity contribution < 1.29 is 0 Å². The molecule has 0 aliphatic rings. The van der Waals surface area contributed by atoms with E-state index in [4.69, 9.17) is 0 Å². The molecule has 0 saturated heterocycles. The van der Waals surface area contributed by atoms with E-state index in [2.05, 4.69) is 193 Å². The SMILES string of the molecule is c1ccc(-c2ccc(N(c3ccccc3)c3ccc(-c4ccccc4-c4cccc5c4sc4ccccc45)cc3)c3ccccc23)cc1. The maximum absolute atomic E-state index is 2.38. The molecular formula is C46H31NS. The molecule has 1 heterocycles. The average molecular weight is 630 g/mol. The molecule has 9 rings (SSSR count). The molecule has 0 amide bonds. The van der Waals surface area contributed by atoms with Crippen LogP contribution >= 0.6 is 11.3 Å². The normalized spacial score (nSPS) is 11.3. The Morgan fingerprint density at radius 1 is 0.312 bits per heavy atom. The smallest absolute Gasteiger partial charge is 0.0540 e. The first kappa shape index (κ1) is 28.3. The van der Waals surface area contributed by atoms with Gasteiger partial charge in [-0.15, -0.1) is 11.3 Å². The minimum atomic E-state index is 1.12. The molecule has 0 saturated carbocycles. The molecule has 0 fully saturated rings. The number of fused-ring (bicyclic) bond motifs is 4. The third kappa shape index (κ3) is 4.86. The lowest BCUT2D eigenvalue weighted by atomic mass is 9.93. The highest BCUT2D eigenvalue weighted by atomic mass is 32.1. The molecule has 8 aromatic carbocycles. The Balaban J connectivity index is 1.17. The van der Waals surface area contributed by atoms with Crippen molar-refractivity contribution in [1.29, 1.82) is 0 Å². The topological polar surface area (TPSA) is 3.24 Å². The van der Waals surface area contributed by atoms with Crippen molar-refractivity contribution in [3.8, 4) is 33.4 Å². The summed E-state index contributed by atoms with van der Waals surface area (Å²) in [5, 5.41) is 5.10. The van der Waals surface area contributed by atoms with Crippen LogP contribution < -0.4 is 4.90 Å². The average Bonchev–Trinajstić information content (AvgIpc) is 3.55. The highest BCUT2D eigenvalue weighted by Gasteiger charge is 2.18. The molecule has 0 N–H and O–H groups in total. The standard InChI is InChI=1S/C46H31NS/c1-3-14-32(15-4-1)37-30-31-44(40-21-10-9-19-38(37)40)47(34-16-5-2-6-17-34)35-28-26-33(27-29-35)36-18-7-8-20-39(36)42-23-13-24-43-41-22-11-12-25-45(41)48-46(42)43/h1-31H. The van der Waals surface area contributed by atoms with Gasteiger partial charge < -0.3 is 4.90 Å². The van der Waals surface area contributed by atoms with Gasteiger partial charge in [-0.05, 0) is 69.6 Å². The second-order valence-corrected chi connectivity index (χ2v) is 13.1. The summed E-state index contributed by atoms with van der Waals surface area (Å²) < 4.78 is 2.66. The minimum Gasteiger partial charge on any atom is -0.310 e. The highest BCUT2D eigenvalue weighted by molar-refractivity contribution is 7.26. The van der Waals surface area contributed by atoms with E-state index in [1.807, 2.05) is 11.3 Å². The Labute approximate surface area is 284 Å². The minimum absolute atomic E-state index is 1.12. The van der Waals surface area contributed by atoms with Gasteiger partial charge in [0.15, 0.2) is 0 Å². The van der Waals surface area contributed by atoms with E-state index in [1.54, 1.807) is 0 Å². The van der Waals surface area contributed by atoms with Crippen LogP contribution in [0.15, 0.2) is 188 Å². The number of anilines is 3. The van der Waals surface area contributed by atoms with Crippen molar-refractivity contribution in [1.82, 2.24) is 0 Å². The number of rotatable bonds is 6. The predicted molar refractivity (Wildman–Crippen MR) is 208 cm³/mol. The lowest BCUT2D eigenvalue weighted by Gasteiger charge is -2.27. The fraction of sp³-hybridized carbons (Fsp3) is 0. The van der Waals surface area contributed by atoms with Gasteiger partial charge in [0, 0.05) is 42.5 Å². The molecule has 0 atom stereocenters. The molecule has 0 unspecified atom stereocenters. The summed E-state index contributed by atoms with van der Waals surface area (Å²) in [6.45, 7) is 0. The molecule has 1 aromatic heterocycles. The van der Waals surface area contributed by atoms with Gasteiger partial charge in [-0.1, -0.05) is 152 Å². The van der Waals surface area contributed by atoms with Crippen LogP contribution in [0.3, 0.4) is 0 Å². The van der Waals surface area contributed by atoms with E-state index in [1.165, 1.54) is 64.3 Å². The predicted octanol–water partition coefficient (Wildman–Crippen LogP) is 13.7. The van der Waals surface area contributed by atoms with Crippen molar-refractivity contribution in [2.75, 3.05) is 4.90 Å². The van der Waals surface area contributed by atoms with E-state index in [0.29, 0.717) is 0 Å². The molecule has 48 heavy (non-hydrogen) atoms. The van der Waals surface area contributed by atoms with Crippen molar-refractivity contribution in [3.05, 3.63) is 188 Å². The summed E-state index contributed by atoms with van der Waals surface area (Å²) in [6, 6.07) is 68.0. The number of hydrogen-bond acceptors (Lipinski definition) is 2. The third-order valence-corrected chi connectivity index (χ3v) is 10.5. The van der Waals surface area contributed by atoms with Crippen molar-refractivity contribution in [2.24, 2.45) is 0 Å². The molecule has 0 spiro atoms. The quantitative estimate of drug-likeness (QED) is 0.177. The molecule has 1 nitrogen and oxygen atoms in total. The Hall–Kier alpha value is -5.96. The number of hydrogen-bond donors (Lipinski definition) is 0. The van der Waals surface area contributed by atoms with Gasteiger partial charge in [0.2, 0.25) is 0 Å². The molecule has 2 heteroatoms. The second kappa shape index (κ2) is 12.0. The largest absolute Gasteiger partial charge is 0.310 e. The highest BCUT2D eigenvalue weighted by Crippen LogP contribution is 2.45. The van der Waals surface area contributed by atoms with E-state index < -0.39 is 0 Å². The molecule has 0 radical (unpaired) electrons. The number of nitrogens with zero attached hydrogens (tertiary/aromatic N) is 1. The molecule has 0 aliphatic carbocycles. The fourth-order valence-electron chi connectivity index (χ4n) is 7.07. The van der Waals surface area contributed by atoms with Crippen LogP contribution in [0.4, 0.5) is 17.1 Å². The second-order valence-electron chi connectivity index (χ2n) is 12.1. The van der Waals surface area contributed by atoms with Crippen LogP contribution in [0.2, 0.25) is 0 Å². The van der Waals surface area contributed by atoms with Gasteiger partial charge in [-0.2, -0.15) is 0 Å². The van der Waals surface area contributed by atoms with Crippen LogP contribution in [0.5, 0.6) is 0 Å². The van der Waals surface area contributed by atoms with Crippen LogP contribution in [0.1, 0.15) is 0 Å².